The highest BCUT2D eigenvalue weighted by molar-refractivity contribution is 7.99. The van der Waals surface area contributed by atoms with Gasteiger partial charge in [-0.3, -0.25) is 4.79 Å². The van der Waals surface area contributed by atoms with Crippen LogP contribution in [0.4, 0.5) is 5.69 Å². The summed E-state index contributed by atoms with van der Waals surface area (Å²) >= 11 is 7.08. The van der Waals surface area contributed by atoms with Gasteiger partial charge in [-0.25, -0.2) is 0 Å². The van der Waals surface area contributed by atoms with Gasteiger partial charge in [-0.1, -0.05) is 11.6 Å². The number of aliphatic carboxylic acids is 1. The molecule has 4 N–H and O–H groups in total. The smallest absolute Gasteiger partial charge is 0.306 e. The molecule has 1 atom stereocenters. The van der Waals surface area contributed by atoms with Crippen LogP contribution in [0.15, 0.2) is 23.1 Å². The number of nitrogen functional groups attached to an aromatic ring is 1. The number of benzene rings is 1. The van der Waals surface area contributed by atoms with Crippen LogP contribution < -0.4 is 5.73 Å². The molecule has 0 saturated carbocycles. The zero-order valence-corrected chi connectivity index (χ0v) is 9.96. The van der Waals surface area contributed by atoms with Crippen molar-refractivity contribution in [3.8, 4) is 0 Å². The second kappa shape index (κ2) is 5.98. The number of aliphatic hydroxyl groups is 1. The van der Waals surface area contributed by atoms with Gasteiger partial charge in [0.1, 0.15) is 0 Å². The summed E-state index contributed by atoms with van der Waals surface area (Å²) in [4.78, 5) is 11.1. The predicted molar refractivity (Wildman–Crippen MR) is 64.8 cm³/mol. The van der Waals surface area contributed by atoms with E-state index in [0.717, 1.165) is 4.90 Å². The van der Waals surface area contributed by atoms with Crippen LogP contribution >= 0.6 is 23.4 Å². The number of carboxylic acid groups (broad SMARTS) is 1. The van der Waals surface area contributed by atoms with Crippen LogP contribution in [0.1, 0.15) is 6.42 Å². The molecule has 88 valence electrons. The van der Waals surface area contributed by atoms with Gasteiger partial charge in [-0.05, 0) is 18.2 Å². The first-order chi connectivity index (χ1) is 7.49. The fourth-order valence-electron chi connectivity index (χ4n) is 1.08. The van der Waals surface area contributed by atoms with Crippen molar-refractivity contribution in [1.29, 1.82) is 0 Å². The lowest BCUT2D eigenvalue weighted by molar-refractivity contribution is -0.138. The van der Waals surface area contributed by atoms with Crippen LogP contribution in [0, 0.1) is 0 Å². The highest BCUT2D eigenvalue weighted by Gasteiger charge is 2.11. The number of nitrogens with two attached hydrogens (primary N) is 1. The molecule has 0 aliphatic rings. The average Bonchev–Trinajstić information content (AvgIpc) is 2.18. The first-order valence-electron chi connectivity index (χ1n) is 4.56. The van der Waals surface area contributed by atoms with Crippen molar-refractivity contribution in [3.05, 3.63) is 23.2 Å². The van der Waals surface area contributed by atoms with Crippen LogP contribution in [0.25, 0.3) is 0 Å². The van der Waals surface area contributed by atoms with Crippen LogP contribution in [0.2, 0.25) is 5.02 Å². The molecule has 0 fully saturated rings. The van der Waals surface area contributed by atoms with E-state index in [0.29, 0.717) is 10.7 Å². The van der Waals surface area contributed by atoms with E-state index in [1.165, 1.54) is 11.8 Å². The largest absolute Gasteiger partial charge is 0.481 e. The minimum absolute atomic E-state index is 0.270. The Morgan fingerprint density at radius 2 is 2.25 bits per heavy atom. The van der Waals surface area contributed by atoms with Gasteiger partial charge in [0.05, 0.1) is 12.5 Å². The number of rotatable bonds is 5. The number of anilines is 1. The van der Waals surface area contributed by atoms with Gasteiger partial charge in [0, 0.05) is 21.4 Å². The van der Waals surface area contributed by atoms with Gasteiger partial charge < -0.3 is 15.9 Å². The Kier molecular flexibility index (Phi) is 4.92. The normalized spacial score (nSPS) is 12.4. The van der Waals surface area contributed by atoms with Gasteiger partial charge in [0.2, 0.25) is 0 Å². The number of hydrogen-bond donors (Lipinski definition) is 3. The zero-order chi connectivity index (χ0) is 12.1. The van der Waals surface area contributed by atoms with E-state index < -0.39 is 12.1 Å². The molecule has 0 saturated heterocycles. The second-order valence-electron chi connectivity index (χ2n) is 3.24. The van der Waals surface area contributed by atoms with Crippen LogP contribution in [0.5, 0.6) is 0 Å². The molecule has 0 amide bonds. The Labute approximate surface area is 102 Å². The fraction of sp³-hybridized carbons (Fsp3) is 0.300. The van der Waals surface area contributed by atoms with Gasteiger partial charge in [0.25, 0.3) is 0 Å². The van der Waals surface area contributed by atoms with Crippen molar-refractivity contribution in [1.82, 2.24) is 0 Å². The van der Waals surface area contributed by atoms with Crippen molar-refractivity contribution >= 4 is 35.0 Å². The third kappa shape index (κ3) is 4.30. The lowest BCUT2D eigenvalue weighted by Crippen LogP contribution is -2.15. The summed E-state index contributed by atoms with van der Waals surface area (Å²) in [5.41, 5.74) is 6.27. The monoisotopic (exact) mass is 261 g/mol. The van der Waals surface area contributed by atoms with Crippen LogP contribution in [-0.4, -0.2) is 28.0 Å². The summed E-state index contributed by atoms with van der Waals surface area (Å²) in [6.45, 7) is 0. The first-order valence-corrected chi connectivity index (χ1v) is 5.93. The van der Waals surface area contributed by atoms with Gasteiger partial charge >= 0.3 is 5.97 Å². The third-order valence-electron chi connectivity index (χ3n) is 1.82. The molecule has 0 aromatic heterocycles. The molecule has 1 unspecified atom stereocenters. The van der Waals surface area contributed by atoms with E-state index in [9.17, 15) is 9.90 Å². The molecule has 1 rings (SSSR count). The maximum Gasteiger partial charge on any atom is 0.306 e. The minimum Gasteiger partial charge on any atom is -0.481 e. The summed E-state index contributed by atoms with van der Waals surface area (Å²) < 4.78 is 0. The fourth-order valence-corrected chi connectivity index (χ4v) is 2.25. The number of carboxylic acids is 1. The molecular formula is C10H12ClNO3S. The lowest BCUT2D eigenvalue weighted by atomic mass is 10.3. The topological polar surface area (TPSA) is 83.5 Å². The maximum absolute atomic E-state index is 10.3. The third-order valence-corrected chi connectivity index (χ3v) is 3.27. The zero-order valence-electron chi connectivity index (χ0n) is 8.39. The van der Waals surface area contributed by atoms with E-state index in [1.807, 2.05) is 0 Å². The summed E-state index contributed by atoms with van der Waals surface area (Å²) in [7, 11) is 0. The van der Waals surface area contributed by atoms with Gasteiger partial charge in [-0.15, -0.1) is 11.8 Å². The molecule has 6 heteroatoms. The van der Waals surface area contributed by atoms with Crippen molar-refractivity contribution < 1.29 is 15.0 Å². The van der Waals surface area contributed by atoms with Gasteiger partial charge in [-0.2, -0.15) is 0 Å². The summed E-state index contributed by atoms with van der Waals surface area (Å²) in [5.74, 6) is -0.746. The Morgan fingerprint density at radius 3 is 2.88 bits per heavy atom. The Bertz CT molecular complexity index is 386. The number of hydrogen-bond acceptors (Lipinski definition) is 4. The van der Waals surface area contributed by atoms with Crippen LogP contribution in [0.3, 0.4) is 0 Å². The van der Waals surface area contributed by atoms with E-state index in [-0.39, 0.29) is 12.2 Å². The minimum atomic E-state index is -1.02. The highest BCUT2D eigenvalue weighted by Crippen LogP contribution is 2.28. The van der Waals surface area contributed by atoms with Crippen molar-refractivity contribution in [2.75, 3.05) is 11.5 Å². The average molecular weight is 262 g/mol. The van der Waals surface area contributed by atoms with Crippen molar-refractivity contribution in [2.24, 2.45) is 0 Å². The Balaban J connectivity index is 2.54. The van der Waals surface area contributed by atoms with E-state index >= 15 is 0 Å². The Morgan fingerprint density at radius 1 is 1.56 bits per heavy atom. The molecular weight excluding hydrogens is 250 g/mol. The number of aliphatic hydroxyl groups excluding tert-OH is 1. The van der Waals surface area contributed by atoms with E-state index in [1.54, 1.807) is 18.2 Å². The molecule has 0 radical (unpaired) electrons. The number of halogens is 1. The summed E-state index contributed by atoms with van der Waals surface area (Å²) in [6, 6.07) is 5.04. The van der Waals surface area contributed by atoms with E-state index in [2.05, 4.69) is 0 Å². The van der Waals surface area contributed by atoms with Gasteiger partial charge in [0.15, 0.2) is 0 Å². The molecule has 0 bridgehead atoms. The van der Waals surface area contributed by atoms with Crippen molar-refractivity contribution in [2.45, 2.75) is 17.4 Å². The predicted octanol–water partition coefficient (Wildman–Crippen LogP) is 1.85. The molecule has 1 aromatic rings. The second-order valence-corrected chi connectivity index (χ2v) is 4.74. The molecule has 0 aliphatic carbocycles. The molecule has 4 nitrogen and oxygen atoms in total. The quantitative estimate of drug-likeness (QED) is 0.557. The first kappa shape index (κ1) is 13.2. The number of carbonyl (C=O) groups is 1. The van der Waals surface area contributed by atoms with Crippen molar-refractivity contribution in [3.63, 3.8) is 0 Å². The van der Waals surface area contributed by atoms with Crippen LogP contribution in [-0.2, 0) is 4.79 Å². The number of thioether (sulfide) groups is 1. The lowest BCUT2D eigenvalue weighted by Gasteiger charge is -2.09. The summed E-state index contributed by atoms with van der Waals surface area (Å²) in [6.07, 6.45) is -1.16. The Hall–Kier alpha value is -0.910. The SMILES string of the molecule is Nc1ccc(Cl)cc1SCC(O)CC(=O)O. The molecule has 0 spiro atoms. The molecule has 1 aromatic carbocycles. The highest BCUT2D eigenvalue weighted by atomic mass is 35.5. The molecule has 16 heavy (non-hydrogen) atoms. The standard InChI is InChI=1S/C10H12ClNO3S/c11-6-1-2-8(12)9(3-6)16-5-7(13)4-10(14)15/h1-3,7,13H,4-5,12H2,(H,14,15). The van der Waals surface area contributed by atoms with E-state index in [4.69, 9.17) is 22.4 Å². The molecule has 0 aliphatic heterocycles. The molecule has 0 heterocycles. The maximum atomic E-state index is 10.3. The summed E-state index contributed by atoms with van der Waals surface area (Å²) in [5, 5.41) is 18.4.